The summed E-state index contributed by atoms with van der Waals surface area (Å²) in [6.07, 6.45) is 0. The van der Waals surface area contributed by atoms with E-state index in [4.69, 9.17) is 10.5 Å². The Bertz CT molecular complexity index is 431. The van der Waals surface area contributed by atoms with Crippen LogP contribution >= 0.6 is 11.3 Å². The molecule has 1 aromatic heterocycles. The van der Waals surface area contributed by atoms with E-state index < -0.39 is 0 Å². The third kappa shape index (κ3) is 4.07. The van der Waals surface area contributed by atoms with Crippen LogP contribution in [0.2, 0.25) is 0 Å². The summed E-state index contributed by atoms with van der Waals surface area (Å²) in [6, 6.07) is -0.352. The smallest absolute Gasteiger partial charge is 0.234 e. The summed E-state index contributed by atoms with van der Waals surface area (Å²) in [6.45, 7) is 4.43. The molecule has 0 radical (unpaired) electrons. The Kier molecular flexibility index (Phi) is 5.56. The molecular weight excluding hydrogens is 264 g/mol. The first-order valence-electron chi connectivity index (χ1n) is 6.10. The van der Waals surface area contributed by atoms with E-state index in [0.717, 1.165) is 10.0 Å². The lowest BCUT2D eigenvalue weighted by atomic mass is 10.0. The van der Waals surface area contributed by atoms with E-state index in [1.807, 2.05) is 32.8 Å². The van der Waals surface area contributed by atoms with Gasteiger partial charge in [0.25, 0.3) is 0 Å². The third-order valence-corrected chi connectivity index (χ3v) is 3.89. The van der Waals surface area contributed by atoms with Crippen LogP contribution in [0.4, 0.5) is 5.13 Å². The molecule has 1 amide bonds. The van der Waals surface area contributed by atoms with Crippen molar-refractivity contribution in [3.8, 4) is 5.88 Å². The number of nitrogens with zero attached hydrogens (tertiary/aromatic N) is 2. The molecule has 0 spiro atoms. The van der Waals surface area contributed by atoms with Gasteiger partial charge < -0.3 is 20.7 Å². The average molecular weight is 286 g/mol. The average Bonchev–Trinajstić information content (AvgIpc) is 2.71. The second-order valence-corrected chi connectivity index (χ2v) is 5.89. The Hall–Kier alpha value is -1.34. The molecule has 0 aliphatic rings. The van der Waals surface area contributed by atoms with Crippen LogP contribution < -0.4 is 20.7 Å². The lowest BCUT2D eigenvalue weighted by Crippen LogP contribution is -2.44. The molecule has 7 heteroatoms. The molecule has 108 valence electrons. The van der Waals surface area contributed by atoms with Gasteiger partial charge in [0, 0.05) is 20.6 Å². The number of carbonyl (C=O) groups excluding carboxylic acids is 1. The maximum absolute atomic E-state index is 11.3. The fraction of sp³-hybridized carbons (Fsp3) is 0.667. The molecule has 1 atom stereocenters. The summed E-state index contributed by atoms with van der Waals surface area (Å²) < 4.78 is 5.25. The van der Waals surface area contributed by atoms with E-state index >= 15 is 0 Å². The molecule has 0 aliphatic heterocycles. The molecule has 3 N–H and O–H groups in total. The van der Waals surface area contributed by atoms with Gasteiger partial charge in [-0.2, -0.15) is 4.98 Å². The predicted octanol–water partition coefficient (Wildman–Crippen LogP) is 0.817. The molecule has 19 heavy (non-hydrogen) atoms. The Morgan fingerprint density at radius 3 is 2.58 bits per heavy atom. The maximum atomic E-state index is 11.3. The van der Waals surface area contributed by atoms with Crippen LogP contribution in [0, 0.1) is 5.92 Å². The van der Waals surface area contributed by atoms with E-state index in [0.29, 0.717) is 12.4 Å². The van der Waals surface area contributed by atoms with Crippen molar-refractivity contribution in [2.45, 2.75) is 26.4 Å². The highest BCUT2D eigenvalue weighted by molar-refractivity contribution is 7.15. The zero-order valence-corrected chi connectivity index (χ0v) is 12.9. The highest BCUT2D eigenvalue weighted by Gasteiger charge is 2.20. The third-order valence-electron chi connectivity index (χ3n) is 2.68. The predicted molar refractivity (Wildman–Crippen MR) is 77.7 cm³/mol. The van der Waals surface area contributed by atoms with Crippen LogP contribution in [0.15, 0.2) is 0 Å². The van der Waals surface area contributed by atoms with Gasteiger partial charge >= 0.3 is 0 Å². The number of nitrogens with one attached hydrogen (secondary N) is 1. The zero-order valence-electron chi connectivity index (χ0n) is 12.1. The van der Waals surface area contributed by atoms with Crippen LogP contribution in [0.5, 0.6) is 5.88 Å². The fourth-order valence-corrected chi connectivity index (χ4v) is 2.56. The van der Waals surface area contributed by atoms with E-state index in [-0.39, 0.29) is 17.9 Å². The molecule has 0 saturated heterocycles. The van der Waals surface area contributed by atoms with Crippen molar-refractivity contribution in [1.82, 2.24) is 10.3 Å². The number of carbonyl (C=O) groups is 1. The fourth-order valence-electron chi connectivity index (χ4n) is 1.66. The standard InChI is InChI=1S/C12H22N4O2S/c1-7(2)9(10(13)17)14-6-8-11(18-5)15-12(19-8)16(3)4/h7,9,14H,6H2,1-5H3,(H2,13,17). The van der Waals surface area contributed by atoms with E-state index in [1.54, 1.807) is 7.11 Å². The Morgan fingerprint density at radius 2 is 2.16 bits per heavy atom. The molecule has 0 fully saturated rings. The van der Waals surface area contributed by atoms with Gasteiger partial charge in [0.2, 0.25) is 11.8 Å². The number of hydrogen-bond donors (Lipinski definition) is 2. The van der Waals surface area contributed by atoms with Crippen molar-refractivity contribution >= 4 is 22.4 Å². The number of nitrogens with two attached hydrogens (primary N) is 1. The van der Waals surface area contributed by atoms with Crippen molar-refractivity contribution in [2.75, 3.05) is 26.1 Å². The normalized spacial score (nSPS) is 12.5. The lowest BCUT2D eigenvalue weighted by molar-refractivity contribution is -0.121. The summed E-state index contributed by atoms with van der Waals surface area (Å²) >= 11 is 1.53. The highest BCUT2D eigenvalue weighted by Crippen LogP contribution is 2.30. The van der Waals surface area contributed by atoms with Gasteiger partial charge in [-0.25, -0.2) is 0 Å². The Balaban J connectivity index is 2.78. The summed E-state index contributed by atoms with van der Waals surface area (Å²) in [4.78, 5) is 18.6. The van der Waals surface area contributed by atoms with Gasteiger partial charge in [-0.3, -0.25) is 4.79 Å². The Labute approximate surface area is 118 Å². The van der Waals surface area contributed by atoms with E-state index in [1.165, 1.54) is 11.3 Å². The minimum Gasteiger partial charge on any atom is -0.480 e. The first-order valence-corrected chi connectivity index (χ1v) is 6.92. The van der Waals surface area contributed by atoms with Crippen molar-refractivity contribution < 1.29 is 9.53 Å². The summed E-state index contributed by atoms with van der Waals surface area (Å²) in [7, 11) is 5.44. The van der Waals surface area contributed by atoms with Gasteiger partial charge in [-0.1, -0.05) is 25.2 Å². The second kappa shape index (κ2) is 6.72. The monoisotopic (exact) mass is 286 g/mol. The van der Waals surface area contributed by atoms with Gasteiger partial charge in [0.05, 0.1) is 18.0 Å². The first kappa shape index (κ1) is 15.7. The maximum Gasteiger partial charge on any atom is 0.234 e. The number of methoxy groups -OCH3 is 1. The van der Waals surface area contributed by atoms with Gasteiger partial charge in [0.1, 0.15) is 0 Å². The molecule has 6 nitrogen and oxygen atoms in total. The van der Waals surface area contributed by atoms with Gasteiger partial charge in [-0.15, -0.1) is 0 Å². The molecule has 0 bridgehead atoms. The van der Waals surface area contributed by atoms with Crippen LogP contribution in [-0.4, -0.2) is 38.1 Å². The van der Waals surface area contributed by atoms with Gasteiger partial charge in [0.15, 0.2) is 5.13 Å². The van der Waals surface area contributed by atoms with E-state index in [2.05, 4.69) is 10.3 Å². The number of aromatic nitrogens is 1. The highest BCUT2D eigenvalue weighted by atomic mass is 32.1. The van der Waals surface area contributed by atoms with Gasteiger partial charge in [-0.05, 0) is 5.92 Å². The molecule has 0 aromatic carbocycles. The number of primary amides is 1. The minimum atomic E-state index is -0.352. The van der Waals surface area contributed by atoms with Crippen LogP contribution in [0.25, 0.3) is 0 Å². The molecule has 1 rings (SSSR count). The van der Waals surface area contributed by atoms with Crippen LogP contribution in [-0.2, 0) is 11.3 Å². The summed E-state index contributed by atoms with van der Waals surface area (Å²) in [5, 5.41) is 4.03. The minimum absolute atomic E-state index is 0.143. The van der Waals surface area contributed by atoms with Crippen LogP contribution in [0.3, 0.4) is 0 Å². The number of ether oxygens (including phenoxy) is 1. The topological polar surface area (TPSA) is 80.5 Å². The molecular formula is C12H22N4O2S. The quantitative estimate of drug-likeness (QED) is 0.775. The first-order chi connectivity index (χ1) is 8.86. The number of anilines is 1. The van der Waals surface area contributed by atoms with Crippen molar-refractivity contribution in [3.63, 3.8) is 0 Å². The molecule has 1 aromatic rings. The number of thiazole rings is 1. The molecule has 1 heterocycles. The van der Waals surface area contributed by atoms with E-state index in [9.17, 15) is 4.79 Å². The van der Waals surface area contributed by atoms with Crippen LogP contribution in [0.1, 0.15) is 18.7 Å². The molecule has 0 aliphatic carbocycles. The molecule has 0 saturated carbocycles. The molecule has 1 unspecified atom stereocenters. The summed E-state index contributed by atoms with van der Waals surface area (Å²) in [5.41, 5.74) is 5.37. The summed E-state index contributed by atoms with van der Waals surface area (Å²) in [5.74, 6) is 0.393. The number of rotatable bonds is 7. The second-order valence-electron chi connectivity index (χ2n) is 4.83. The SMILES string of the molecule is COc1nc(N(C)C)sc1CNC(C(N)=O)C(C)C. The number of amides is 1. The van der Waals surface area contributed by atoms with Crippen molar-refractivity contribution in [1.29, 1.82) is 0 Å². The van der Waals surface area contributed by atoms with Crippen molar-refractivity contribution in [2.24, 2.45) is 11.7 Å². The largest absolute Gasteiger partial charge is 0.480 e. The Morgan fingerprint density at radius 1 is 1.53 bits per heavy atom. The zero-order chi connectivity index (χ0) is 14.6. The van der Waals surface area contributed by atoms with Crippen molar-refractivity contribution in [3.05, 3.63) is 4.88 Å². The number of hydrogen-bond acceptors (Lipinski definition) is 6. The lowest BCUT2D eigenvalue weighted by Gasteiger charge is -2.18.